The molecule has 0 aromatic heterocycles. The first kappa shape index (κ1) is 22.0. The molecule has 35 heavy (non-hydrogen) atoms. The standard InChI is InChI=1S/C20H37N.C5H5.CHF3O3S.Fe/c1-4-5-6-7-8-9-10-11-12-15-18-21(2,3)19-20-16-13-14-17-20;1-2-4-5-3-1;2-1(3,4)8(5,6)7;/h13-14,16-17H,4-12,15,18-19H2,1-3H3;1-5H;(H,5,6,7);/q+1;;;/p-1. The van der Waals surface area contributed by atoms with Crippen molar-refractivity contribution in [2.75, 3.05) is 27.2 Å². The predicted molar refractivity (Wildman–Crippen MR) is 126 cm³/mol. The van der Waals surface area contributed by atoms with Crippen molar-refractivity contribution in [1.82, 2.24) is 0 Å². The molecule has 0 bridgehead atoms. The summed E-state index contributed by atoms with van der Waals surface area (Å²) in [5.41, 5.74) is -5.65. The van der Waals surface area contributed by atoms with Crippen LogP contribution in [0.5, 0.6) is 0 Å². The van der Waals surface area contributed by atoms with Crippen LogP contribution in [0.1, 0.15) is 71.1 Å². The first-order valence-electron chi connectivity index (χ1n) is 14.1. The molecule has 4 nitrogen and oxygen atoms in total. The molecule has 0 aliphatic carbocycles. The minimum Gasteiger partial charge on any atom is -0.741 e. The molecule has 9 heteroatoms. The first-order chi connectivity index (χ1) is 16.1. The molecular formula is C26H42F3FeNO3S. The van der Waals surface area contributed by atoms with Gasteiger partial charge in [0.05, 0.1) is 0 Å². The largest absolute Gasteiger partial charge is 0.741 e. The van der Waals surface area contributed by atoms with Crippen molar-refractivity contribution in [3.63, 3.8) is 0 Å². The molecule has 204 valence electrons. The zero-order chi connectivity index (χ0) is 25.0. The molecule has 0 N–H and O–H groups in total. The Morgan fingerprint density at radius 2 is 1.14 bits per heavy atom. The van der Waals surface area contributed by atoms with Crippen LogP contribution in [0.4, 0.5) is 13.2 Å². The number of rotatable bonds is 13. The molecule has 10 aliphatic heterocycles. The van der Waals surface area contributed by atoms with E-state index in [1.165, 1.54) is 119 Å². The summed E-state index contributed by atoms with van der Waals surface area (Å²) in [5.74, 6) is 0. The molecular weight excluding hydrogens is 519 g/mol. The second kappa shape index (κ2) is 3.22. The molecule has 0 radical (unpaired) electrons. The Bertz CT molecular complexity index is 1380. The summed E-state index contributed by atoms with van der Waals surface area (Å²) < 4.78 is 61.5. The van der Waals surface area contributed by atoms with E-state index >= 15 is 0 Å². The fraction of sp³-hybridized carbons (Fsp3) is 1.00. The molecule has 0 amide bonds. The number of fused-ring (bicyclic) bond motifs is 10. The number of alkyl halides is 3. The summed E-state index contributed by atoms with van der Waals surface area (Å²) in [4.78, 5) is 13.7. The Morgan fingerprint density at radius 1 is 0.771 bits per heavy atom. The quantitative estimate of drug-likeness (QED) is 0.0758. The third-order valence-electron chi connectivity index (χ3n) is 19.1. The maximum Gasteiger partial charge on any atom is 0.485 e. The third kappa shape index (κ3) is 0.608. The van der Waals surface area contributed by atoms with Crippen LogP contribution in [0.2, 0.25) is 47.7 Å². The molecule has 0 aromatic carbocycles. The van der Waals surface area contributed by atoms with Gasteiger partial charge < -0.3 is 4.55 Å². The molecule has 10 saturated heterocycles. The van der Waals surface area contributed by atoms with Crippen LogP contribution in [0.3, 0.4) is 0 Å². The van der Waals surface area contributed by atoms with E-state index in [1.807, 2.05) is 0 Å². The SMILES string of the molecule is CCCCCCCCCCCC[N+](C)(C)C[C]12[CH]3[CH]4[CH]5[CH]1[Fe]45321678[CH]2[CH]1[CH]6[CH]7[CH]28.O=S(=O)([O-])C(F)(F)F. The third-order valence-corrected chi connectivity index (χ3v) is 62.6. The van der Waals surface area contributed by atoms with E-state index in [9.17, 15) is 13.2 Å². The Kier molecular flexibility index (Phi) is 2.02. The molecule has 10 fully saturated rings. The van der Waals surface area contributed by atoms with Gasteiger partial charge in [0.1, 0.15) is 0 Å². The Hall–Kier alpha value is 0.179. The molecule has 0 saturated carbocycles. The molecule has 1 spiro atoms. The number of nitrogens with zero attached hydrogens (tertiary/aromatic N) is 1. The van der Waals surface area contributed by atoms with Crippen molar-refractivity contribution in [2.45, 2.75) is 124 Å². The molecule has 10 aliphatic rings. The van der Waals surface area contributed by atoms with E-state index in [2.05, 4.69) is 21.0 Å². The van der Waals surface area contributed by atoms with E-state index in [-0.39, 0.29) is 0 Å². The van der Waals surface area contributed by atoms with Gasteiger partial charge in [-0.3, -0.25) is 0 Å². The fourth-order valence-corrected chi connectivity index (χ4v) is 94.8. The van der Waals surface area contributed by atoms with Crippen molar-refractivity contribution < 1.29 is 37.1 Å². The molecule has 10 rings (SSSR count). The van der Waals surface area contributed by atoms with Crippen LogP contribution < -0.4 is 0 Å². The summed E-state index contributed by atoms with van der Waals surface area (Å²) in [6.07, 6.45) is 14.8. The minimum absolute atomic E-state index is 1.14. The Balaban J connectivity index is 0.000000205. The van der Waals surface area contributed by atoms with Crippen molar-refractivity contribution in [2.24, 2.45) is 0 Å². The van der Waals surface area contributed by atoms with Gasteiger partial charge in [-0.1, -0.05) is 19.8 Å². The number of hydrogen-bond acceptors (Lipinski definition) is 3. The van der Waals surface area contributed by atoms with Crippen LogP contribution in [0, 0.1) is 0 Å². The monoisotopic (exact) mass is 561 g/mol. The maximum atomic E-state index is 10.7. The van der Waals surface area contributed by atoms with Gasteiger partial charge in [-0.25, -0.2) is 8.42 Å². The second-order valence-corrected chi connectivity index (χ2v) is 41.8. The van der Waals surface area contributed by atoms with Gasteiger partial charge in [0.25, 0.3) is 0 Å². The van der Waals surface area contributed by atoms with Gasteiger partial charge in [0, 0.05) is 0 Å². The zero-order valence-corrected chi connectivity index (χ0v) is 23.2. The summed E-state index contributed by atoms with van der Waals surface area (Å²) in [7, 11) is -0.813. The van der Waals surface area contributed by atoms with Gasteiger partial charge in [-0.2, -0.15) is 13.2 Å². The van der Waals surface area contributed by atoms with Crippen LogP contribution in [-0.2, 0) is 16.6 Å². The van der Waals surface area contributed by atoms with Crippen molar-refractivity contribution in [1.29, 1.82) is 0 Å². The minimum atomic E-state index is -6.09. The average molecular weight is 562 g/mol. The van der Waals surface area contributed by atoms with E-state index < -0.39 is 22.1 Å². The van der Waals surface area contributed by atoms with Crippen molar-refractivity contribution >= 4 is 10.1 Å². The van der Waals surface area contributed by atoms with Crippen molar-refractivity contribution in [3.8, 4) is 0 Å². The second-order valence-electron chi connectivity index (χ2n) is 16.7. The van der Waals surface area contributed by atoms with Gasteiger partial charge in [-0.05, 0) is 0 Å². The summed E-state index contributed by atoms with van der Waals surface area (Å²) >= 11 is 0. The van der Waals surface area contributed by atoms with Crippen LogP contribution >= 0.6 is 0 Å². The summed E-state index contributed by atoms with van der Waals surface area (Å²) in [5, 5.41) is 0. The molecule has 0 aromatic rings. The van der Waals surface area contributed by atoms with E-state index in [1.54, 1.807) is 6.54 Å². The van der Waals surface area contributed by atoms with Crippen LogP contribution in [0.15, 0.2) is 0 Å². The number of hydrogen-bond donors (Lipinski definition) is 0. The van der Waals surface area contributed by atoms with Gasteiger partial charge in [0.2, 0.25) is 0 Å². The van der Waals surface area contributed by atoms with Crippen LogP contribution in [-0.4, -0.2) is 50.1 Å². The number of unbranched alkanes of at least 4 members (excludes halogenated alkanes) is 9. The maximum absolute atomic E-state index is 10.7. The van der Waals surface area contributed by atoms with Crippen LogP contribution in [0.25, 0.3) is 0 Å². The predicted octanol–water partition coefficient (Wildman–Crippen LogP) is 7.79. The Morgan fingerprint density at radius 3 is 1.43 bits per heavy atom. The number of halogens is 3. The molecule has 4 atom stereocenters. The Labute approximate surface area is 198 Å². The summed E-state index contributed by atoms with van der Waals surface area (Å²) in [6, 6.07) is 0. The smallest absolute Gasteiger partial charge is 0.485 e. The zero-order valence-electron chi connectivity index (χ0n) is 21.2. The van der Waals surface area contributed by atoms with E-state index in [0.717, 1.165) is 4.31 Å². The molecule has 10 heterocycles. The molecule has 4 unspecified atom stereocenters. The van der Waals surface area contributed by atoms with Gasteiger partial charge in [0.15, 0.2) is 10.1 Å². The van der Waals surface area contributed by atoms with E-state index in [4.69, 9.17) is 13.0 Å². The topological polar surface area (TPSA) is 57.2 Å². The van der Waals surface area contributed by atoms with Gasteiger partial charge in [-0.15, -0.1) is 0 Å². The number of quaternary nitrogens is 1. The normalized spacial score (nSPS) is 65.1. The van der Waals surface area contributed by atoms with Gasteiger partial charge >= 0.3 is 143 Å². The van der Waals surface area contributed by atoms with E-state index in [0.29, 0.717) is 0 Å². The fourth-order valence-electron chi connectivity index (χ4n) is 19.8. The van der Waals surface area contributed by atoms with Crippen molar-refractivity contribution in [3.05, 3.63) is 0 Å². The first-order valence-corrected chi connectivity index (χ1v) is 21.8. The summed E-state index contributed by atoms with van der Waals surface area (Å²) in [6.45, 7) is 2.70. The average Bonchev–Trinajstić information content (AvgIpc) is 3.68.